The van der Waals surface area contributed by atoms with Crippen LogP contribution in [0, 0.1) is 5.92 Å². The van der Waals surface area contributed by atoms with Gasteiger partial charge in [0.2, 0.25) is 5.91 Å². The zero-order valence-electron chi connectivity index (χ0n) is 11.2. The first-order valence-electron chi connectivity index (χ1n) is 5.87. The van der Waals surface area contributed by atoms with Gasteiger partial charge < -0.3 is 10.2 Å². The van der Waals surface area contributed by atoms with Gasteiger partial charge in [-0.05, 0) is 13.0 Å². The van der Waals surface area contributed by atoms with Crippen molar-refractivity contribution in [2.45, 2.75) is 20.3 Å². The molecule has 0 aromatic rings. The zero-order chi connectivity index (χ0) is 13.5. The summed E-state index contributed by atoms with van der Waals surface area (Å²) < 4.78 is 23.2. The van der Waals surface area contributed by atoms with E-state index >= 15 is 0 Å². The predicted molar refractivity (Wildman–Crippen MR) is 69.7 cm³/mol. The molecule has 0 aliphatic carbocycles. The molecule has 1 N–H and O–H groups in total. The highest BCUT2D eigenvalue weighted by molar-refractivity contribution is 7.91. The SMILES string of the molecule is CNCCN(C)C(=O)CCS(=O)(=O)CC(C)C. The maximum atomic E-state index is 11.6. The van der Waals surface area contributed by atoms with Crippen LogP contribution in [0.25, 0.3) is 0 Å². The molecule has 0 radical (unpaired) electrons. The molecule has 0 aliphatic heterocycles. The minimum atomic E-state index is -3.09. The van der Waals surface area contributed by atoms with Crippen LogP contribution in [0.2, 0.25) is 0 Å². The molecule has 102 valence electrons. The molecule has 0 fully saturated rings. The molecule has 0 rings (SSSR count). The summed E-state index contributed by atoms with van der Waals surface area (Å²) in [6, 6.07) is 0. The van der Waals surface area contributed by atoms with Gasteiger partial charge in [-0.3, -0.25) is 4.79 Å². The van der Waals surface area contributed by atoms with E-state index in [-0.39, 0.29) is 29.8 Å². The largest absolute Gasteiger partial charge is 0.344 e. The number of carbonyl (C=O) groups excluding carboxylic acids is 1. The molecule has 0 saturated carbocycles. The second-order valence-corrected chi connectivity index (χ2v) is 6.91. The van der Waals surface area contributed by atoms with Gasteiger partial charge in [-0.1, -0.05) is 13.8 Å². The van der Waals surface area contributed by atoms with Gasteiger partial charge >= 0.3 is 0 Å². The molecule has 0 unspecified atom stereocenters. The number of rotatable bonds is 8. The minimum absolute atomic E-state index is 0.0477. The number of hydrogen-bond donors (Lipinski definition) is 1. The lowest BCUT2D eigenvalue weighted by Crippen LogP contribution is -2.34. The molecule has 5 nitrogen and oxygen atoms in total. The number of nitrogens with one attached hydrogen (secondary N) is 1. The Morgan fingerprint density at radius 3 is 2.41 bits per heavy atom. The molecular formula is C11H24N2O3S. The van der Waals surface area contributed by atoms with E-state index in [1.807, 2.05) is 20.9 Å². The highest BCUT2D eigenvalue weighted by Gasteiger charge is 2.17. The van der Waals surface area contributed by atoms with Gasteiger partial charge in [0.25, 0.3) is 0 Å². The summed E-state index contributed by atoms with van der Waals surface area (Å²) >= 11 is 0. The summed E-state index contributed by atoms with van der Waals surface area (Å²) in [7, 11) is 0.407. The maximum Gasteiger partial charge on any atom is 0.223 e. The lowest BCUT2D eigenvalue weighted by molar-refractivity contribution is -0.129. The van der Waals surface area contributed by atoms with E-state index in [1.165, 1.54) is 0 Å². The molecule has 0 saturated heterocycles. The van der Waals surface area contributed by atoms with Crippen molar-refractivity contribution in [1.29, 1.82) is 0 Å². The van der Waals surface area contributed by atoms with Crippen LogP contribution in [-0.2, 0) is 14.6 Å². The molecular weight excluding hydrogens is 240 g/mol. The van der Waals surface area contributed by atoms with Crippen LogP contribution in [0.4, 0.5) is 0 Å². The monoisotopic (exact) mass is 264 g/mol. The van der Waals surface area contributed by atoms with Crippen molar-refractivity contribution >= 4 is 15.7 Å². The van der Waals surface area contributed by atoms with Crippen LogP contribution in [0.15, 0.2) is 0 Å². The molecule has 0 bridgehead atoms. The Morgan fingerprint density at radius 1 is 1.35 bits per heavy atom. The smallest absolute Gasteiger partial charge is 0.223 e. The van der Waals surface area contributed by atoms with E-state index in [1.54, 1.807) is 11.9 Å². The quantitative estimate of drug-likeness (QED) is 0.676. The summed E-state index contributed by atoms with van der Waals surface area (Å²) in [5.41, 5.74) is 0. The second-order valence-electron chi connectivity index (χ2n) is 4.68. The van der Waals surface area contributed by atoms with Gasteiger partial charge in [0.15, 0.2) is 9.84 Å². The molecule has 0 aromatic carbocycles. The van der Waals surface area contributed by atoms with E-state index < -0.39 is 9.84 Å². The highest BCUT2D eigenvalue weighted by Crippen LogP contribution is 2.03. The van der Waals surface area contributed by atoms with Crippen molar-refractivity contribution in [3.63, 3.8) is 0 Å². The Morgan fingerprint density at radius 2 is 1.94 bits per heavy atom. The van der Waals surface area contributed by atoms with Crippen molar-refractivity contribution in [2.24, 2.45) is 5.92 Å². The van der Waals surface area contributed by atoms with Crippen molar-refractivity contribution in [1.82, 2.24) is 10.2 Å². The van der Waals surface area contributed by atoms with Gasteiger partial charge in [0.05, 0.1) is 11.5 Å². The molecule has 6 heteroatoms. The fourth-order valence-electron chi connectivity index (χ4n) is 1.43. The Hall–Kier alpha value is -0.620. The van der Waals surface area contributed by atoms with Crippen molar-refractivity contribution in [3.8, 4) is 0 Å². The standard InChI is InChI=1S/C11H24N2O3S/c1-10(2)9-17(15,16)8-5-11(14)13(4)7-6-12-3/h10,12H,5-9H2,1-4H3. The second kappa shape index (κ2) is 7.66. The molecule has 0 aromatic heterocycles. The first kappa shape index (κ1) is 16.4. The molecule has 0 atom stereocenters. The number of amides is 1. The highest BCUT2D eigenvalue weighted by atomic mass is 32.2. The molecule has 0 heterocycles. The van der Waals surface area contributed by atoms with E-state index in [9.17, 15) is 13.2 Å². The summed E-state index contributed by atoms with van der Waals surface area (Å²) in [6.07, 6.45) is 0.0786. The summed E-state index contributed by atoms with van der Waals surface area (Å²) in [4.78, 5) is 13.2. The van der Waals surface area contributed by atoms with Crippen LogP contribution >= 0.6 is 0 Å². The number of sulfone groups is 1. The van der Waals surface area contributed by atoms with Crippen LogP contribution < -0.4 is 5.32 Å². The van der Waals surface area contributed by atoms with E-state index in [0.29, 0.717) is 13.1 Å². The normalized spacial score (nSPS) is 11.8. The fraction of sp³-hybridized carbons (Fsp3) is 0.909. The Bertz CT molecular complexity index is 326. The minimum Gasteiger partial charge on any atom is -0.344 e. The Kier molecular flexibility index (Phi) is 7.38. The first-order chi connectivity index (χ1) is 7.78. The summed E-state index contributed by atoms with van der Waals surface area (Å²) in [5, 5.41) is 2.94. The van der Waals surface area contributed by atoms with Crippen LogP contribution in [0.3, 0.4) is 0 Å². The maximum absolute atomic E-state index is 11.6. The summed E-state index contributed by atoms with van der Waals surface area (Å²) in [5.74, 6) is 0.0960. The molecule has 0 aliphatic rings. The lowest BCUT2D eigenvalue weighted by atomic mass is 10.3. The van der Waals surface area contributed by atoms with Crippen molar-refractivity contribution < 1.29 is 13.2 Å². The van der Waals surface area contributed by atoms with Crippen molar-refractivity contribution in [3.05, 3.63) is 0 Å². The third-order valence-corrected chi connectivity index (χ3v) is 4.34. The van der Waals surface area contributed by atoms with Gasteiger partial charge in [0, 0.05) is 26.6 Å². The van der Waals surface area contributed by atoms with Crippen LogP contribution in [0.5, 0.6) is 0 Å². The summed E-state index contributed by atoms with van der Waals surface area (Å²) in [6.45, 7) is 5.03. The van der Waals surface area contributed by atoms with Crippen LogP contribution in [0.1, 0.15) is 20.3 Å². The number of carbonyl (C=O) groups is 1. The van der Waals surface area contributed by atoms with E-state index in [0.717, 1.165) is 0 Å². The lowest BCUT2D eigenvalue weighted by Gasteiger charge is -2.17. The van der Waals surface area contributed by atoms with Crippen LogP contribution in [-0.4, -0.2) is 57.9 Å². The van der Waals surface area contributed by atoms with Gasteiger partial charge in [-0.15, -0.1) is 0 Å². The van der Waals surface area contributed by atoms with E-state index in [2.05, 4.69) is 5.32 Å². The molecule has 0 spiro atoms. The Balaban J connectivity index is 4.06. The predicted octanol–water partition coefficient (Wildman–Crippen LogP) is 0.125. The average molecular weight is 264 g/mol. The fourth-order valence-corrected chi connectivity index (χ4v) is 3.10. The number of likely N-dealkylation sites (N-methyl/N-ethyl adjacent to an activating group) is 2. The Labute approximate surface area is 104 Å². The zero-order valence-corrected chi connectivity index (χ0v) is 12.0. The van der Waals surface area contributed by atoms with Gasteiger partial charge in [-0.2, -0.15) is 0 Å². The van der Waals surface area contributed by atoms with Gasteiger partial charge in [0.1, 0.15) is 0 Å². The number of hydrogen-bond acceptors (Lipinski definition) is 4. The van der Waals surface area contributed by atoms with Gasteiger partial charge in [-0.25, -0.2) is 8.42 Å². The average Bonchev–Trinajstić information content (AvgIpc) is 2.20. The third-order valence-electron chi connectivity index (χ3n) is 2.34. The first-order valence-corrected chi connectivity index (χ1v) is 7.69. The topological polar surface area (TPSA) is 66.5 Å². The number of nitrogens with zero attached hydrogens (tertiary/aromatic N) is 1. The van der Waals surface area contributed by atoms with E-state index in [4.69, 9.17) is 0 Å². The van der Waals surface area contributed by atoms with Crippen molar-refractivity contribution in [2.75, 3.05) is 38.7 Å². The molecule has 1 amide bonds. The molecule has 17 heavy (non-hydrogen) atoms. The third kappa shape index (κ3) is 8.15.